The molecule has 1 heterocycles. The van der Waals surface area contributed by atoms with Gasteiger partial charge in [0.25, 0.3) is 0 Å². The van der Waals surface area contributed by atoms with Crippen LogP contribution in [0, 0.1) is 5.92 Å². The van der Waals surface area contributed by atoms with Crippen LogP contribution in [0.3, 0.4) is 0 Å². The smallest absolute Gasteiger partial charge is 0.0406 e. The summed E-state index contributed by atoms with van der Waals surface area (Å²) in [5, 5.41) is 0. The van der Waals surface area contributed by atoms with Gasteiger partial charge < -0.3 is 0 Å². The summed E-state index contributed by atoms with van der Waals surface area (Å²) in [6.45, 7) is 2.18. The zero-order chi connectivity index (χ0) is 12.1. The van der Waals surface area contributed by atoms with Gasteiger partial charge in [0.05, 0.1) is 0 Å². The maximum Gasteiger partial charge on any atom is 0.0406 e. The molecule has 0 bridgehead atoms. The molecule has 2 heteroatoms. The van der Waals surface area contributed by atoms with Gasteiger partial charge in [0.15, 0.2) is 0 Å². The molecule has 94 valence electrons. The van der Waals surface area contributed by atoms with Gasteiger partial charge >= 0.3 is 0 Å². The van der Waals surface area contributed by atoms with Gasteiger partial charge in [0.2, 0.25) is 0 Å². The van der Waals surface area contributed by atoms with E-state index in [0.29, 0.717) is 0 Å². The molecule has 1 fully saturated rings. The molecule has 0 aromatic carbocycles. The largest absolute Gasteiger partial charge is 0.261 e. The number of nitrogens with zero attached hydrogens (tertiary/aromatic N) is 1. The summed E-state index contributed by atoms with van der Waals surface area (Å²) >= 11 is 3.79. The van der Waals surface area contributed by atoms with E-state index in [2.05, 4.69) is 40.0 Å². The number of pyridine rings is 1. The molecule has 2 rings (SSSR count). The highest BCUT2D eigenvalue weighted by Crippen LogP contribution is 2.29. The summed E-state index contributed by atoms with van der Waals surface area (Å²) in [4.78, 5) is 5.31. The van der Waals surface area contributed by atoms with Crippen molar-refractivity contribution in [2.24, 2.45) is 5.92 Å². The highest BCUT2D eigenvalue weighted by molar-refractivity contribution is 9.09. The van der Waals surface area contributed by atoms with Crippen molar-refractivity contribution in [2.75, 3.05) is 0 Å². The highest BCUT2D eigenvalue weighted by atomic mass is 79.9. The molecule has 0 aliphatic heterocycles. The Morgan fingerprint density at radius 2 is 2.12 bits per heavy atom. The minimum atomic E-state index is 0.727. The van der Waals surface area contributed by atoms with E-state index in [1.165, 1.54) is 43.4 Å². The number of halogens is 1. The Balaban J connectivity index is 1.94. The molecule has 17 heavy (non-hydrogen) atoms. The van der Waals surface area contributed by atoms with E-state index in [1.54, 1.807) is 0 Å². The van der Waals surface area contributed by atoms with E-state index in [-0.39, 0.29) is 0 Å². The SMILES string of the molecule is CCc1ccc(CC2CCCCC(Br)C2)nc1. The fourth-order valence-electron chi connectivity index (χ4n) is 2.66. The van der Waals surface area contributed by atoms with Crippen LogP contribution in [-0.2, 0) is 12.8 Å². The molecule has 2 atom stereocenters. The van der Waals surface area contributed by atoms with Crippen LogP contribution in [0.15, 0.2) is 18.3 Å². The third-order valence-electron chi connectivity index (χ3n) is 3.76. The Hall–Kier alpha value is -0.370. The molecule has 0 amide bonds. The molecule has 0 N–H and O–H groups in total. The molecule has 0 radical (unpaired) electrons. The second-order valence-corrected chi connectivity index (χ2v) is 6.49. The lowest BCUT2D eigenvalue weighted by Crippen LogP contribution is -2.09. The predicted molar refractivity (Wildman–Crippen MR) is 76.6 cm³/mol. The van der Waals surface area contributed by atoms with Crippen LogP contribution in [0.5, 0.6) is 0 Å². The minimum Gasteiger partial charge on any atom is -0.261 e. The van der Waals surface area contributed by atoms with E-state index in [1.807, 2.05) is 6.20 Å². The maximum absolute atomic E-state index is 4.58. The van der Waals surface area contributed by atoms with Crippen molar-refractivity contribution >= 4 is 15.9 Å². The van der Waals surface area contributed by atoms with Gasteiger partial charge in [0.1, 0.15) is 0 Å². The first-order valence-corrected chi connectivity index (χ1v) is 7.77. The Bertz CT molecular complexity index is 333. The first-order chi connectivity index (χ1) is 8.28. The van der Waals surface area contributed by atoms with Crippen LogP contribution < -0.4 is 0 Å². The quantitative estimate of drug-likeness (QED) is 0.590. The van der Waals surface area contributed by atoms with Crippen molar-refractivity contribution in [3.05, 3.63) is 29.6 Å². The van der Waals surface area contributed by atoms with Crippen LogP contribution in [0.2, 0.25) is 0 Å². The topological polar surface area (TPSA) is 12.9 Å². The van der Waals surface area contributed by atoms with Crippen LogP contribution in [0.25, 0.3) is 0 Å². The third-order valence-corrected chi connectivity index (χ3v) is 4.59. The fourth-order valence-corrected chi connectivity index (χ4v) is 3.51. The van der Waals surface area contributed by atoms with Crippen molar-refractivity contribution in [1.82, 2.24) is 4.98 Å². The van der Waals surface area contributed by atoms with Gasteiger partial charge in [-0.1, -0.05) is 48.2 Å². The summed E-state index contributed by atoms with van der Waals surface area (Å²) in [6, 6.07) is 4.44. The lowest BCUT2D eigenvalue weighted by atomic mass is 9.94. The van der Waals surface area contributed by atoms with Gasteiger partial charge in [0, 0.05) is 16.7 Å². The van der Waals surface area contributed by atoms with E-state index in [0.717, 1.165) is 23.6 Å². The lowest BCUT2D eigenvalue weighted by molar-refractivity contribution is 0.459. The zero-order valence-corrected chi connectivity index (χ0v) is 12.2. The van der Waals surface area contributed by atoms with Gasteiger partial charge in [-0.05, 0) is 43.2 Å². The van der Waals surface area contributed by atoms with Crippen LogP contribution in [0.4, 0.5) is 0 Å². The lowest BCUT2D eigenvalue weighted by Gasteiger charge is -2.15. The van der Waals surface area contributed by atoms with Gasteiger partial charge in [-0.3, -0.25) is 4.98 Å². The van der Waals surface area contributed by atoms with Gasteiger partial charge in [-0.2, -0.15) is 0 Å². The van der Waals surface area contributed by atoms with Crippen molar-refractivity contribution in [3.8, 4) is 0 Å². The van der Waals surface area contributed by atoms with E-state index < -0.39 is 0 Å². The molecule has 1 aromatic rings. The first-order valence-electron chi connectivity index (χ1n) is 6.85. The first kappa shape index (κ1) is 13.1. The predicted octanol–water partition coefficient (Wildman–Crippen LogP) is 4.53. The maximum atomic E-state index is 4.58. The average molecular weight is 296 g/mol. The number of hydrogen-bond acceptors (Lipinski definition) is 1. The summed E-state index contributed by atoms with van der Waals surface area (Å²) in [6.07, 6.45) is 11.1. The molecular weight excluding hydrogens is 274 g/mol. The van der Waals surface area contributed by atoms with Crippen molar-refractivity contribution in [2.45, 2.75) is 56.7 Å². The Morgan fingerprint density at radius 3 is 2.82 bits per heavy atom. The molecule has 1 aliphatic rings. The number of alkyl halides is 1. The zero-order valence-electron chi connectivity index (χ0n) is 10.7. The minimum absolute atomic E-state index is 0.727. The second-order valence-electron chi connectivity index (χ2n) is 5.20. The molecule has 2 unspecified atom stereocenters. The molecular formula is C15H22BrN. The number of aromatic nitrogens is 1. The number of hydrogen-bond donors (Lipinski definition) is 0. The van der Waals surface area contributed by atoms with E-state index in [9.17, 15) is 0 Å². The van der Waals surface area contributed by atoms with E-state index in [4.69, 9.17) is 0 Å². The molecule has 1 aliphatic carbocycles. The van der Waals surface area contributed by atoms with Crippen LogP contribution in [-0.4, -0.2) is 9.81 Å². The van der Waals surface area contributed by atoms with Crippen molar-refractivity contribution < 1.29 is 0 Å². The third kappa shape index (κ3) is 4.09. The monoisotopic (exact) mass is 295 g/mol. The Labute approximate surface area is 113 Å². The number of aryl methyl sites for hydroxylation is 1. The summed E-state index contributed by atoms with van der Waals surface area (Å²) in [5.74, 6) is 0.821. The molecule has 0 spiro atoms. The Kier molecular flexibility index (Phi) is 5.02. The fraction of sp³-hybridized carbons (Fsp3) is 0.667. The second kappa shape index (κ2) is 6.53. The molecule has 1 aromatic heterocycles. The summed E-state index contributed by atoms with van der Waals surface area (Å²) in [5.41, 5.74) is 2.61. The average Bonchev–Trinajstić information content (AvgIpc) is 2.55. The summed E-state index contributed by atoms with van der Waals surface area (Å²) in [7, 11) is 0. The van der Waals surface area contributed by atoms with Crippen molar-refractivity contribution in [1.29, 1.82) is 0 Å². The van der Waals surface area contributed by atoms with E-state index >= 15 is 0 Å². The van der Waals surface area contributed by atoms with Gasteiger partial charge in [-0.15, -0.1) is 0 Å². The summed E-state index contributed by atoms with van der Waals surface area (Å²) < 4.78 is 0. The number of rotatable bonds is 3. The molecule has 1 nitrogen and oxygen atoms in total. The Morgan fingerprint density at radius 1 is 1.29 bits per heavy atom. The van der Waals surface area contributed by atoms with Crippen LogP contribution in [0.1, 0.15) is 50.3 Å². The highest BCUT2D eigenvalue weighted by Gasteiger charge is 2.18. The van der Waals surface area contributed by atoms with Crippen LogP contribution >= 0.6 is 15.9 Å². The standard InChI is InChI=1S/C15H22BrN/c1-2-12-7-8-15(17-11-12)10-13-5-3-4-6-14(16)9-13/h7-8,11,13-14H,2-6,9-10H2,1H3. The van der Waals surface area contributed by atoms with Gasteiger partial charge in [-0.25, -0.2) is 0 Å². The molecule has 0 saturated heterocycles. The van der Waals surface area contributed by atoms with Crippen molar-refractivity contribution in [3.63, 3.8) is 0 Å². The molecule has 1 saturated carbocycles. The normalized spacial score (nSPS) is 25.5.